The van der Waals surface area contributed by atoms with Crippen LogP contribution >= 0.6 is 34.2 Å². The number of hydrogen-bond acceptors (Lipinski definition) is 2. The first-order chi connectivity index (χ1) is 10.1. The molecule has 3 rings (SSSR count). The minimum Gasteiger partial charge on any atom is -0.497 e. The molecular weight excluding hydrogens is 406 g/mol. The van der Waals surface area contributed by atoms with Gasteiger partial charge in [0.05, 0.1) is 33.3 Å². The first-order valence-electron chi connectivity index (χ1n) is 6.21. The molecule has 1 heterocycles. The lowest BCUT2D eigenvalue weighted by Gasteiger charge is -2.09. The predicted octanol–water partition coefficient (Wildman–Crippen LogP) is 4.52. The predicted molar refractivity (Wildman–Crippen MR) is 89.9 cm³/mol. The Labute approximate surface area is 139 Å². The van der Waals surface area contributed by atoms with E-state index in [0.29, 0.717) is 14.9 Å². The van der Waals surface area contributed by atoms with Gasteiger partial charge in [-0.2, -0.15) is 0 Å². The van der Waals surface area contributed by atoms with E-state index in [2.05, 4.69) is 4.98 Å². The number of alkyl halides is 1. The van der Waals surface area contributed by atoms with Crippen molar-refractivity contribution in [2.45, 2.75) is 5.88 Å². The smallest absolute Gasteiger partial charge is 0.138 e. The average Bonchev–Trinajstić information content (AvgIpc) is 2.85. The Morgan fingerprint density at radius 1 is 1.33 bits per heavy atom. The SMILES string of the molecule is COc1cccc(-n2c(CCl)nc3cc(I)c(F)cc32)c1. The van der Waals surface area contributed by atoms with Crippen LogP contribution in [-0.4, -0.2) is 16.7 Å². The van der Waals surface area contributed by atoms with Crippen LogP contribution in [0.3, 0.4) is 0 Å². The molecule has 0 radical (unpaired) electrons. The van der Waals surface area contributed by atoms with E-state index < -0.39 is 0 Å². The molecule has 108 valence electrons. The zero-order valence-corrected chi connectivity index (χ0v) is 14.0. The highest BCUT2D eigenvalue weighted by atomic mass is 127. The number of nitrogens with zero attached hydrogens (tertiary/aromatic N) is 2. The third-order valence-corrected chi connectivity index (χ3v) is 4.26. The lowest BCUT2D eigenvalue weighted by Crippen LogP contribution is -2.00. The van der Waals surface area contributed by atoms with Crippen LogP contribution in [0.4, 0.5) is 4.39 Å². The first kappa shape index (κ1) is 14.6. The van der Waals surface area contributed by atoms with Gasteiger partial charge in [-0.1, -0.05) is 6.07 Å². The summed E-state index contributed by atoms with van der Waals surface area (Å²) in [7, 11) is 1.61. The molecule has 0 atom stereocenters. The van der Waals surface area contributed by atoms with Crippen molar-refractivity contribution in [2.75, 3.05) is 7.11 Å². The second kappa shape index (κ2) is 5.81. The van der Waals surface area contributed by atoms with Crippen LogP contribution in [0.1, 0.15) is 5.82 Å². The molecule has 0 spiro atoms. The summed E-state index contributed by atoms with van der Waals surface area (Å²) in [5, 5.41) is 0. The molecule has 3 aromatic rings. The Morgan fingerprint density at radius 3 is 2.86 bits per heavy atom. The number of halogens is 3. The van der Waals surface area contributed by atoms with Gasteiger partial charge in [-0.25, -0.2) is 9.37 Å². The van der Waals surface area contributed by atoms with E-state index in [4.69, 9.17) is 16.3 Å². The second-order valence-electron chi connectivity index (χ2n) is 4.45. The molecule has 6 heteroatoms. The number of aromatic nitrogens is 2. The highest BCUT2D eigenvalue weighted by Gasteiger charge is 2.14. The van der Waals surface area contributed by atoms with E-state index in [-0.39, 0.29) is 11.7 Å². The average molecular weight is 417 g/mol. The molecule has 1 aromatic heterocycles. The Hall–Kier alpha value is -1.34. The third-order valence-electron chi connectivity index (χ3n) is 3.20. The summed E-state index contributed by atoms with van der Waals surface area (Å²) in [5.41, 5.74) is 2.25. The molecule has 0 bridgehead atoms. The summed E-state index contributed by atoms with van der Waals surface area (Å²) >= 11 is 7.95. The summed E-state index contributed by atoms with van der Waals surface area (Å²) in [4.78, 5) is 4.48. The molecule has 0 fully saturated rings. The normalized spacial score (nSPS) is 11.0. The lowest BCUT2D eigenvalue weighted by molar-refractivity contribution is 0.414. The van der Waals surface area contributed by atoms with Crippen molar-refractivity contribution in [3.05, 3.63) is 51.6 Å². The molecule has 3 nitrogen and oxygen atoms in total. The number of rotatable bonds is 3. The van der Waals surface area contributed by atoms with Gasteiger partial charge in [0.15, 0.2) is 0 Å². The van der Waals surface area contributed by atoms with Gasteiger partial charge >= 0.3 is 0 Å². The maximum atomic E-state index is 13.9. The number of fused-ring (bicyclic) bond motifs is 1. The van der Waals surface area contributed by atoms with Gasteiger partial charge in [-0.15, -0.1) is 11.6 Å². The molecule has 21 heavy (non-hydrogen) atoms. The number of benzene rings is 2. The van der Waals surface area contributed by atoms with Crippen molar-refractivity contribution in [3.8, 4) is 11.4 Å². The number of imidazole rings is 1. The van der Waals surface area contributed by atoms with Crippen molar-refractivity contribution >= 4 is 45.2 Å². The molecule has 0 unspecified atom stereocenters. The Balaban J connectivity index is 2.31. The fourth-order valence-electron chi connectivity index (χ4n) is 2.25. The van der Waals surface area contributed by atoms with Gasteiger partial charge in [0.1, 0.15) is 17.4 Å². The van der Waals surface area contributed by atoms with E-state index in [1.807, 2.05) is 51.4 Å². The molecule has 0 aliphatic heterocycles. The van der Waals surface area contributed by atoms with Gasteiger partial charge in [0, 0.05) is 12.1 Å². The lowest BCUT2D eigenvalue weighted by atomic mass is 10.2. The second-order valence-corrected chi connectivity index (χ2v) is 5.88. The van der Waals surface area contributed by atoms with Crippen molar-refractivity contribution in [1.82, 2.24) is 9.55 Å². The summed E-state index contributed by atoms with van der Waals surface area (Å²) in [6, 6.07) is 10.7. The van der Waals surface area contributed by atoms with Gasteiger partial charge in [0.2, 0.25) is 0 Å². The zero-order valence-electron chi connectivity index (χ0n) is 11.1. The highest BCUT2D eigenvalue weighted by molar-refractivity contribution is 14.1. The van der Waals surface area contributed by atoms with Crippen LogP contribution in [0.2, 0.25) is 0 Å². The van der Waals surface area contributed by atoms with Crippen LogP contribution in [0.15, 0.2) is 36.4 Å². The molecule has 0 saturated heterocycles. The molecule has 0 N–H and O–H groups in total. The van der Waals surface area contributed by atoms with Gasteiger partial charge < -0.3 is 4.74 Å². The topological polar surface area (TPSA) is 27.1 Å². The Morgan fingerprint density at radius 2 is 2.14 bits per heavy atom. The summed E-state index contributed by atoms with van der Waals surface area (Å²) < 4.78 is 21.5. The van der Waals surface area contributed by atoms with Crippen LogP contribution in [0, 0.1) is 9.39 Å². The van der Waals surface area contributed by atoms with Gasteiger partial charge in [-0.05, 0) is 40.8 Å². The van der Waals surface area contributed by atoms with E-state index in [1.165, 1.54) is 6.07 Å². The molecule has 0 saturated carbocycles. The summed E-state index contributed by atoms with van der Waals surface area (Å²) in [6.07, 6.45) is 0. The van der Waals surface area contributed by atoms with E-state index in [1.54, 1.807) is 13.2 Å². The van der Waals surface area contributed by atoms with Crippen molar-refractivity contribution in [1.29, 1.82) is 0 Å². The van der Waals surface area contributed by atoms with Crippen molar-refractivity contribution in [3.63, 3.8) is 0 Å². The quantitative estimate of drug-likeness (QED) is 0.464. The molecule has 0 aliphatic carbocycles. The maximum Gasteiger partial charge on any atom is 0.138 e. The minimum absolute atomic E-state index is 0.240. The van der Waals surface area contributed by atoms with E-state index in [9.17, 15) is 4.39 Å². The van der Waals surface area contributed by atoms with E-state index in [0.717, 1.165) is 17.0 Å². The van der Waals surface area contributed by atoms with E-state index >= 15 is 0 Å². The van der Waals surface area contributed by atoms with Crippen LogP contribution in [0.25, 0.3) is 16.7 Å². The highest BCUT2D eigenvalue weighted by Crippen LogP contribution is 2.27. The maximum absolute atomic E-state index is 13.9. The van der Waals surface area contributed by atoms with Gasteiger partial charge in [-0.3, -0.25) is 4.57 Å². The Kier molecular flexibility index (Phi) is 4.03. The van der Waals surface area contributed by atoms with Crippen molar-refractivity contribution in [2.24, 2.45) is 0 Å². The monoisotopic (exact) mass is 416 g/mol. The van der Waals surface area contributed by atoms with Crippen LogP contribution in [-0.2, 0) is 5.88 Å². The number of hydrogen-bond donors (Lipinski definition) is 0. The number of methoxy groups -OCH3 is 1. The van der Waals surface area contributed by atoms with Gasteiger partial charge in [0.25, 0.3) is 0 Å². The fraction of sp³-hybridized carbons (Fsp3) is 0.133. The Bertz CT molecular complexity index is 819. The molecular formula is C15H11ClFIN2O. The zero-order chi connectivity index (χ0) is 15.0. The molecule has 2 aromatic carbocycles. The fourth-order valence-corrected chi connectivity index (χ4v) is 2.88. The molecule has 0 aliphatic rings. The van der Waals surface area contributed by atoms with Crippen LogP contribution in [0.5, 0.6) is 5.75 Å². The summed E-state index contributed by atoms with van der Waals surface area (Å²) in [6.45, 7) is 0. The first-order valence-corrected chi connectivity index (χ1v) is 7.82. The standard InChI is InChI=1S/C15H11ClFIN2O/c1-21-10-4-2-3-9(5-10)20-14-6-11(17)12(18)7-13(14)19-15(20)8-16/h2-7H,8H2,1H3. The minimum atomic E-state index is -0.270. The summed E-state index contributed by atoms with van der Waals surface area (Å²) in [5.74, 6) is 1.36. The number of ether oxygens (including phenoxy) is 1. The molecule has 0 amide bonds. The van der Waals surface area contributed by atoms with Crippen molar-refractivity contribution < 1.29 is 9.13 Å². The third kappa shape index (κ3) is 2.60. The largest absolute Gasteiger partial charge is 0.497 e. The van der Waals surface area contributed by atoms with Crippen LogP contribution < -0.4 is 4.74 Å².